The van der Waals surface area contributed by atoms with Gasteiger partial charge in [0.2, 0.25) is 0 Å². The molecule has 2 aromatic carbocycles. The number of halogens is 1. The summed E-state index contributed by atoms with van der Waals surface area (Å²) in [4.78, 5) is 25.9. The molecule has 2 amide bonds. The predicted molar refractivity (Wildman–Crippen MR) is 125 cm³/mol. The summed E-state index contributed by atoms with van der Waals surface area (Å²) < 4.78 is 10.8. The van der Waals surface area contributed by atoms with Gasteiger partial charge in [-0.1, -0.05) is 48.9 Å². The molecule has 31 heavy (non-hydrogen) atoms. The fraction of sp³-hybridized carbons (Fsp3) is 0.304. The van der Waals surface area contributed by atoms with Crippen molar-refractivity contribution >= 4 is 40.9 Å². The van der Waals surface area contributed by atoms with Crippen LogP contribution in [0.25, 0.3) is 0 Å². The molecule has 3 rings (SSSR count). The van der Waals surface area contributed by atoms with Crippen LogP contribution >= 0.6 is 23.4 Å². The van der Waals surface area contributed by atoms with Gasteiger partial charge >= 0.3 is 0 Å². The monoisotopic (exact) mass is 460 g/mol. The SMILES string of the molecule is COc1cc(NC(=O)C2=C(C)OCCS2)c(Cl)cc1C(=O)NC[C@H](C)c1ccccc1. The first-order chi connectivity index (χ1) is 14.9. The summed E-state index contributed by atoms with van der Waals surface area (Å²) in [5.41, 5.74) is 1.81. The van der Waals surface area contributed by atoms with Crippen molar-refractivity contribution in [1.29, 1.82) is 0 Å². The Bertz CT molecular complexity index is 995. The zero-order chi connectivity index (χ0) is 22.4. The fourth-order valence-corrected chi connectivity index (χ4v) is 4.17. The van der Waals surface area contributed by atoms with Gasteiger partial charge in [-0.15, -0.1) is 11.8 Å². The van der Waals surface area contributed by atoms with Gasteiger partial charge in [0.05, 0.1) is 30.0 Å². The first-order valence-electron chi connectivity index (χ1n) is 9.89. The summed E-state index contributed by atoms with van der Waals surface area (Å²) in [7, 11) is 1.47. The number of carbonyl (C=O) groups is 2. The van der Waals surface area contributed by atoms with E-state index in [2.05, 4.69) is 10.6 Å². The van der Waals surface area contributed by atoms with Crippen LogP contribution < -0.4 is 15.4 Å². The van der Waals surface area contributed by atoms with Gasteiger partial charge in [-0.3, -0.25) is 9.59 Å². The number of hydrogen-bond donors (Lipinski definition) is 2. The van der Waals surface area contributed by atoms with Crippen molar-refractivity contribution in [3.8, 4) is 5.75 Å². The Morgan fingerprint density at radius 2 is 1.97 bits per heavy atom. The topological polar surface area (TPSA) is 76.7 Å². The fourth-order valence-electron chi connectivity index (χ4n) is 3.15. The molecule has 0 saturated carbocycles. The number of nitrogens with one attached hydrogen (secondary N) is 2. The van der Waals surface area contributed by atoms with Crippen molar-refractivity contribution in [2.75, 3.05) is 31.3 Å². The van der Waals surface area contributed by atoms with Crippen LogP contribution in [0.4, 0.5) is 5.69 Å². The second-order valence-electron chi connectivity index (χ2n) is 7.09. The molecule has 2 aromatic rings. The zero-order valence-corrected chi connectivity index (χ0v) is 19.2. The van der Waals surface area contributed by atoms with Crippen LogP contribution in [0.15, 0.2) is 53.1 Å². The smallest absolute Gasteiger partial charge is 0.265 e. The molecule has 0 fully saturated rings. The van der Waals surface area contributed by atoms with E-state index in [0.29, 0.717) is 46.6 Å². The second-order valence-corrected chi connectivity index (χ2v) is 8.60. The van der Waals surface area contributed by atoms with E-state index in [1.54, 1.807) is 13.0 Å². The summed E-state index contributed by atoms with van der Waals surface area (Å²) in [6.07, 6.45) is 0. The average Bonchev–Trinajstić information content (AvgIpc) is 2.79. The van der Waals surface area contributed by atoms with Gasteiger partial charge in [0, 0.05) is 18.4 Å². The van der Waals surface area contributed by atoms with Crippen LogP contribution in [0.3, 0.4) is 0 Å². The summed E-state index contributed by atoms with van der Waals surface area (Å²) in [6.45, 7) is 4.84. The third kappa shape index (κ3) is 5.74. The van der Waals surface area contributed by atoms with E-state index >= 15 is 0 Å². The van der Waals surface area contributed by atoms with Crippen LogP contribution in [0.1, 0.15) is 35.7 Å². The van der Waals surface area contributed by atoms with E-state index in [-0.39, 0.29) is 22.8 Å². The third-order valence-electron chi connectivity index (χ3n) is 4.89. The van der Waals surface area contributed by atoms with Crippen molar-refractivity contribution in [1.82, 2.24) is 5.32 Å². The van der Waals surface area contributed by atoms with Crippen molar-refractivity contribution < 1.29 is 19.1 Å². The van der Waals surface area contributed by atoms with Crippen molar-refractivity contribution in [2.24, 2.45) is 0 Å². The van der Waals surface area contributed by atoms with Gasteiger partial charge in [0.1, 0.15) is 16.4 Å². The van der Waals surface area contributed by atoms with Crippen molar-refractivity contribution in [3.63, 3.8) is 0 Å². The number of benzene rings is 2. The zero-order valence-electron chi connectivity index (χ0n) is 17.7. The lowest BCUT2D eigenvalue weighted by Gasteiger charge is -2.19. The Balaban J connectivity index is 1.72. The second kappa shape index (κ2) is 10.6. The maximum Gasteiger partial charge on any atom is 0.265 e. The summed E-state index contributed by atoms with van der Waals surface area (Å²) >= 11 is 7.81. The Morgan fingerprint density at radius 3 is 2.65 bits per heavy atom. The largest absolute Gasteiger partial charge is 0.496 e. The molecular weight excluding hydrogens is 436 g/mol. The summed E-state index contributed by atoms with van der Waals surface area (Å²) in [5, 5.41) is 5.95. The minimum absolute atomic E-state index is 0.150. The van der Waals surface area contributed by atoms with E-state index in [0.717, 1.165) is 5.56 Å². The molecule has 164 valence electrons. The molecule has 0 bridgehead atoms. The van der Waals surface area contributed by atoms with Gasteiger partial charge in [0.25, 0.3) is 11.8 Å². The number of thioether (sulfide) groups is 1. The lowest BCUT2D eigenvalue weighted by atomic mass is 10.0. The van der Waals surface area contributed by atoms with Gasteiger partial charge in [-0.05, 0) is 24.5 Å². The highest BCUT2D eigenvalue weighted by molar-refractivity contribution is 8.04. The highest BCUT2D eigenvalue weighted by Crippen LogP contribution is 2.33. The molecule has 0 saturated heterocycles. The standard InChI is InChI=1S/C23H25ClN2O4S/c1-14(16-7-5-4-6-8-16)13-25-22(27)17-11-18(24)19(12-20(17)29-3)26-23(28)21-15(2)30-9-10-31-21/h4-8,11-12,14H,9-10,13H2,1-3H3,(H,25,27)(H,26,28)/t14-/m0/s1. The third-order valence-corrected chi connectivity index (χ3v) is 6.34. The van der Waals surface area contributed by atoms with Crippen LogP contribution in [0.2, 0.25) is 5.02 Å². The van der Waals surface area contributed by atoms with E-state index in [4.69, 9.17) is 21.1 Å². The number of hydrogen-bond acceptors (Lipinski definition) is 5. The molecule has 2 N–H and O–H groups in total. The van der Waals surface area contributed by atoms with Gasteiger partial charge in [-0.2, -0.15) is 0 Å². The highest BCUT2D eigenvalue weighted by atomic mass is 35.5. The number of carbonyl (C=O) groups excluding carboxylic acids is 2. The maximum absolute atomic E-state index is 12.8. The molecule has 6 nitrogen and oxygen atoms in total. The maximum atomic E-state index is 12.8. The summed E-state index contributed by atoms with van der Waals surface area (Å²) in [6, 6.07) is 13.0. The Morgan fingerprint density at radius 1 is 1.23 bits per heavy atom. The molecule has 0 aromatic heterocycles. The molecule has 0 radical (unpaired) electrons. The summed E-state index contributed by atoms with van der Waals surface area (Å²) in [5.74, 6) is 1.16. The molecular formula is C23H25ClN2O4S. The lowest BCUT2D eigenvalue weighted by Crippen LogP contribution is -2.28. The van der Waals surface area contributed by atoms with Gasteiger partial charge < -0.3 is 20.1 Å². The molecule has 0 aliphatic carbocycles. The number of rotatable bonds is 7. The number of amides is 2. The quantitative estimate of drug-likeness (QED) is 0.619. The predicted octanol–water partition coefficient (Wildman–Crippen LogP) is 4.82. The molecule has 8 heteroatoms. The number of methoxy groups -OCH3 is 1. The minimum Gasteiger partial charge on any atom is -0.496 e. The van der Waals surface area contributed by atoms with Crippen LogP contribution in [-0.4, -0.2) is 37.8 Å². The highest BCUT2D eigenvalue weighted by Gasteiger charge is 2.22. The number of allylic oxidation sites excluding steroid dienone is 1. The molecule has 1 aliphatic heterocycles. The van der Waals surface area contributed by atoms with Crippen molar-refractivity contribution in [3.05, 3.63) is 69.3 Å². The van der Waals surface area contributed by atoms with Crippen LogP contribution in [0.5, 0.6) is 5.75 Å². The molecule has 1 heterocycles. The Labute approximate surface area is 191 Å². The Hall–Kier alpha value is -2.64. The normalized spacial score (nSPS) is 14.5. The first kappa shape index (κ1) is 23.0. The number of ether oxygens (including phenoxy) is 2. The lowest BCUT2D eigenvalue weighted by molar-refractivity contribution is -0.112. The van der Waals surface area contributed by atoms with E-state index in [9.17, 15) is 9.59 Å². The van der Waals surface area contributed by atoms with Crippen LogP contribution in [-0.2, 0) is 9.53 Å². The van der Waals surface area contributed by atoms with E-state index in [1.807, 2.05) is 37.3 Å². The van der Waals surface area contributed by atoms with E-state index < -0.39 is 0 Å². The van der Waals surface area contributed by atoms with Crippen LogP contribution in [0, 0.1) is 0 Å². The number of anilines is 1. The molecule has 0 spiro atoms. The van der Waals surface area contributed by atoms with Crippen molar-refractivity contribution in [2.45, 2.75) is 19.8 Å². The Kier molecular flexibility index (Phi) is 7.87. The first-order valence-corrected chi connectivity index (χ1v) is 11.3. The minimum atomic E-state index is -0.306. The van der Waals surface area contributed by atoms with E-state index in [1.165, 1.54) is 24.9 Å². The molecule has 0 unspecified atom stereocenters. The van der Waals surface area contributed by atoms with Gasteiger partial charge in [0.15, 0.2) is 0 Å². The average molecular weight is 461 g/mol. The van der Waals surface area contributed by atoms with Gasteiger partial charge in [-0.25, -0.2) is 0 Å². The molecule has 1 atom stereocenters. The molecule has 1 aliphatic rings.